The second kappa shape index (κ2) is 10.8. The van der Waals surface area contributed by atoms with Crippen molar-refractivity contribution in [2.75, 3.05) is 18.9 Å². The highest BCUT2D eigenvalue weighted by atomic mass is 19.4. The zero-order valence-corrected chi connectivity index (χ0v) is 16.5. The van der Waals surface area contributed by atoms with Crippen molar-refractivity contribution < 1.29 is 42.8 Å². The third-order valence-electron chi connectivity index (χ3n) is 4.32. The SMILES string of the molecule is Nc1cncc(C(F)(F)F)n1.O=C(O)c1ccc(C(=O)NCC2OCCC(O)C2O)cc1. The van der Waals surface area contributed by atoms with E-state index >= 15 is 0 Å². The molecule has 32 heavy (non-hydrogen) atoms. The Morgan fingerprint density at radius 1 is 1.16 bits per heavy atom. The van der Waals surface area contributed by atoms with Crippen LogP contribution in [-0.2, 0) is 10.9 Å². The molecule has 6 N–H and O–H groups in total. The number of halogens is 3. The van der Waals surface area contributed by atoms with Crippen LogP contribution in [0.15, 0.2) is 36.7 Å². The molecule has 0 radical (unpaired) electrons. The minimum Gasteiger partial charge on any atom is -0.478 e. The van der Waals surface area contributed by atoms with Gasteiger partial charge in [-0.1, -0.05) is 0 Å². The number of alkyl halides is 3. The van der Waals surface area contributed by atoms with Crippen LogP contribution in [-0.4, -0.2) is 68.6 Å². The molecule has 1 saturated heterocycles. The van der Waals surface area contributed by atoms with Gasteiger partial charge in [-0.15, -0.1) is 0 Å². The number of carbonyl (C=O) groups excluding carboxylic acids is 1. The number of rotatable bonds is 4. The maximum absolute atomic E-state index is 11.9. The lowest BCUT2D eigenvalue weighted by molar-refractivity contribution is -0.141. The number of aliphatic hydroxyl groups excluding tert-OH is 2. The fourth-order valence-electron chi connectivity index (χ4n) is 2.61. The second-order valence-corrected chi connectivity index (χ2v) is 6.68. The average molecular weight is 458 g/mol. The van der Waals surface area contributed by atoms with Crippen LogP contribution in [0.3, 0.4) is 0 Å². The van der Waals surface area contributed by atoms with Gasteiger partial charge >= 0.3 is 12.1 Å². The molecule has 0 spiro atoms. The van der Waals surface area contributed by atoms with E-state index in [1.165, 1.54) is 24.3 Å². The molecule has 13 heteroatoms. The van der Waals surface area contributed by atoms with Gasteiger partial charge in [0.1, 0.15) is 18.0 Å². The van der Waals surface area contributed by atoms with E-state index in [1.54, 1.807) is 0 Å². The summed E-state index contributed by atoms with van der Waals surface area (Å²) in [5, 5.41) is 30.6. The smallest absolute Gasteiger partial charge is 0.434 e. The Kier molecular flexibility index (Phi) is 8.46. The molecule has 2 aromatic rings. The predicted molar refractivity (Wildman–Crippen MR) is 104 cm³/mol. The van der Waals surface area contributed by atoms with Gasteiger partial charge in [0, 0.05) is 18.7 Å². The van der Waals surface area contributed by atoms with Gasteiger partial charge in [-0.25, -0.2) is 9.78 Å². The van der Waals surface area contributed by atoms with Gasteiger partial charge < -0.3 is 31.1 Å². The van der Waals surface area contributed by atoms with Crippen LogP contribution in [0.2, 0.25) is 0 Å². The highest BCUT2D eigenvalue weighted by Gasteiger charge is 2.33. The number of nitrogens with two attached hydrogens (primary N) is 1. The average Bonchev–Trinajstić information content (AvgIpc) is 2.74. The van der Waals surface area contributed by atoms with E-state index in [-0.39, 0.29) is 17.9 Å². The minimum absolute atomic E-state index is 0.0672. The van der Waals surface area contributed by atoms with E-state index in [0.717, 1.165) is 6.20 Å². The number of anilines is 1. The molecule has 1 aromatic heterocycles. The normalized spacial score (nSPS) is 20.6. The summed E-state index contributed by atoms with van der Waals surface area (Å²) >= 11 is 0. The van der Waals surface area contributed by atoms with Crippen molar-refractivity contribution in [2.24, 2.45) is 0 Å². The Morgan fingerprint density at radius 3 is 2.31 bits per heavy atom. The van der Waals surface area contributed by atoms with Crippen molar-refractivity contribution >= 4 is 17.7 Å². The van der Waals surface area contributed by atoms with E-state index in [2.05, 4.69) is 15.3 Å². The summed E-state index contributed by atoms with van der Waals surface area (Å²) in [6, 6.07) is 5.50. The van der Waals surface area contributed by atoms with Crippen LogP contribution < -0.4 is 11.1 Å². The standard InChI is InChI=1S/C14H17NO6.C5H4F3N3/c16-10-5-6-21-11(12(10)17)7-15-13(18)8-1-3-9(4-2-8)14(19)20;6-5(7,8)3-1-10-2-4(9)11-3/h1-4,10-12,16-17H,5-7H2,(H,15,18)(H,19,20);1-2H,(H2,9,11). The molecule has 1 amide bonds. The number of hydrogen-bond acceptors (Lipinski definition) is 8. The van der Waals surface area contributed by atoms with Crippen molar-refractivity contribution in [3.05, 3.63) is 53.5 Å². The Labute approximate surface area is 179 Å². The number of nitrogen functional groups attached to an aromatic ring is 1. The van der Waals surface area contributed by atoms with Crippen molar-refractivity contribution in [1.29, 1.82) is 0 Å². The summed E-state index contributed by atoms with van der Waals surface area (Å²) in [6.07, 6.45) is -4.98. The molecule has 1 fully saturated rings. The maximum atomic E-state index is 11.9. The molecule has 3 rings (SSSR count). The Hall–Kier alpha value is -3.29. The van der Waals surface area contributed by atoms with Crippen LogP contribution in [0.5, 0.6) is 0 Å². The lowest BCUT2D eigenvalue weighted by Gasteiger charge is -2.32. The minimum atomic E-state index is -4.47. The molecular formula is C19H21F3N4O6. The van der Waals surface area contributed by atoms with Gasteiger partial charge in [0.2, 0.25) is 0 Å². The topological polar surface area (TPSA) is 168 Å². The summed E-state index contributed by atoms with van der Waals surface area (Å²) in [7, 11) is 0. The predicted octanol–water partition coefficient (Wildman–Crippen LogP) is 0.703. The number of carboxylic acid groups (broad SMARTS) is 1. The van der Waals surface area contributed by atoms with Crippen molar-refractivity contribution in [3.63, 3.8) is 0 Å². The maximum Gasteiger partial charge on any atom is 0.434 e. The number of ether oxygens (including phenoxy) is 1. The van der Waals surface area contributed by atoms with Gasteiger partial charge in [-0.2, -0.15) is 13.2 Å². The largest absolute Gasteiger partial charge is 0.478 e. The number of benzene rings is 1. The number of amides is 1. The number of nitrogens with zero attached hydrogens (tertiary/aromatic N) is 2. The molecule has 3 unspecified atom stereocenters. The van der Waals surface area contributed by atoms with Gasteiger partial charge in [-0.3, -0.25) is 9.78 Å². The number of aromatic carboxylic acids is 1. The van der Waals surface area contributed by atoms with E-state index in [4.69, 9.17) is 15.6 Å². The highest BCUT2D eigenvalue weighted by molar-refractivity contribution is 5.95. The molecule has 1 aliphatic heterocycles. The van der Waals surface area contributed by atoms with Gasteiger partial charge in [0.15, 0.2) is 5.69 Å². The molecule has 174 valence electrons. The molecule has 0 aliphatic carbocycles. The third kappa shape index (κ3) is 7.14. The Balaban J connectivity index is 0.000000278. The number of carboxylic acids is 1. The van der Waals surface area contributed by atoms with E-state index in [1.807, 2.05) is 0 Å². The van der Waals surface area contributed by atoms with Crippen LogP contribution >= 0.6 is 0 Å². The Morgan fingerprint density at radius 2 is 1.78 bits per heavy atom. The first-order valence-electron chi connectivity index (χ1n) is 9.23. The van der Waals surface area contributed by atoms with Crippen LogP contribution in [0.25, 0.3) is 0 Å². The molecule has 1 aliphatic rings. The number of hydrogen-bond donors (Lipinski definition) is 5. The summed E-state index contributed by atoms with van der Waals surface area (Å²) in [6.45, 7) is 0.393. The third-order valence-corrected chi connectivity index (χ3v) is 4.32. The monoisotopic (exact) mass is 458 g/mol. The van der Waals surface area contributed by atoms with Gasteiger partial charge in [-0.05, 0) is 30.7 Å². The van der Waals surface area contributed by atoms with Gasteiger partial charge in [0.25, 0.3) is 5.91 Å². The van der Waals surface area contributed by atoms with Crippen molar-refractivity contribution in [1.82, 2.24) is 15.3 Å². The first-order chi connectivity index (χ1) is 15.0. The quantitative estimate of drug-likeness (QED) is 0.443. The molecule has 1 aromatic carbocycles. The molecule has 2 heterocycles. The lowest BCUT2D eigenvalue weighted by atomic mass is 10.0. The van der Waals surface area contributed by atoms with Crippen LogP contribution in [0.4, 0.5) is 19.0 Å². The summed E-state index contributed by atoms with van der Waals surface area (Å²) in [5.74, 6) is -1.70. The lowest BCUT2D eigenvalue weighted by Crippen LogP contribution is -2.49. The fraction of sp³-hybridized carbons (Fsp3) is 0.368. The van der Waals surface area contributed by atoms with E-state index in [0.29, 0.717) is 24.8 Å². The van der Waals surface area contributed by atoms with Gasteiger partial charge in [0.05, 0.1) is 24.1 Å². The first-order valence-corrected chi connectivity index (χ1v) is 9.23. The van der Waals surface area contributed by atoms with E-state index in [9.17, 15) is 33.0 Å². The highest BCUT2D eigenvalue weighted by Crippen LogP contribution is 2.26. The fourth-order valence-corrected chi connectivity index (χ4v) is 2.61. The van der Waals surface area contributed by atoms with Crippen molar-refractivity contribution in [3.8, 4) is 0 Å². The summed E-state index contributed by atoms with van der Waals surface area (Å²) < 4.78 is 40.7. The number of aromatic nitrogens is 2. The first kappa shape index (κ1) is 25.0. The number of carbonyl (C=O) groups is 2. The zero-order valence-electron chi connectivity index (χ0n) is 16.5. The summed E-state index contributed by atoms with van der Waals surface area (Å²) in [5.41, 5.74) is 4.32. The van der Waals surface area contributed by atoms with E-state index < -0.39 is 42.1 Å². The zero-order chi connectivity index (χ0) is 23.9. The number of aliphatic hydroxyl groups is 2. The molecule has 3 atom stereocenters. The van der Waals surface area contributed by atoms with Crippen molar-refractivity contribution in [2.45, 2.75) is 30.9 Å². The van der Waals surface area contributed by atoms with Crippen LogP contribution in [0, 0.1) is 0 Å². The number of nitrogens with one attached hydrogen (secondary N) is 1. The van der Waals surface area contributed by atoms with Crippen LogP contribution in [0.1, 0.15) is 32.8 Å². The molecule has 0 bridgehead atoms. The molecule has 0 saturated carbocycles. The second-order valence-electron chi connectivity index (χ2n) is 6.68. The Bertz CT molecular complexity index is 926. The molecular weight excluding hydrogens is 437 g/mol. The summed E-state index contributed by atoms with van der Waals surface area (Å²) in [4.78, 5) is 28.9. The molecule has 10 nitrogen and oxygen atoms in total.